The van der Waals surface area contributed by atoms with Gasteiger partial charge in [0.05, 0.1) is 0 Å². The molecule has 1 aromatic carbocycles. The Kier molecular flexibility index (Phi) is 4.21. The highest BCUT2D eigenvalue weighted by atomic mass is 16.2. The largest absolute Gasteiger partial charge is 0.277 e. The molecule has 0 N–H and O–H groups in total. The van der Waals surface area contributed by atoms with Gasteiger partial charge in [-0.2, -0.15) is 0 Å². The summed E-state index contributed by atoms with van der Waals surface area (Å²) in [5.74, 6) is -0.625. The number of carbonyl (C=O) groups is 2. The number of carbonyl (C=O) groups excluding carboxylic acids is 2. The average molecular weight is 243 g/mol. The Bertz CT molecular complexity index is 614. The van der Waals surface area contributed by atoms with E-state index in [-0.39, 0.29) is 11.8 Å². The normalized spacial score (nSPS) is 13.7. The average Bonchev–Trinajstić information content (AvgIpc) is 2.40. The topological polar surface area (TPSA) is 37.4 Å². The van der Waals surface area contributed by atoms with Crippen molar-refractivity contribution in [1.82, 2.24) is 4.90 Å². The van der Waals surface area contributed by atoms with E-state index in [1.807, 2.05) is 13.8 Å². The lowest BCUT2D eigenvalue weighted by molar-refractivity contribution is -0.121. The Hall–Kier alpha value is -2.16. The van der Waals surface area contributed by atoms with E-state index < -0.39 is 0 Å². The first kappa shape index (κ1) is 13.9. The van der Waals surface area contributed by atoms with Crippen molar-refractivity contribution < 1.29 is 9.59 Å². The Balaban J connectivity index is 0.000000771. The molecule has 0 saturated carbocycles. The number of rotatable bonds is 1. The highest BCUT2D eigenvalue weighted by Gasteiger charge is 2.27. The smallest absolute Gasteiger partial charge is 0.261 e. The van der Waals surface area contributed by atoms with E-state index in [1.54, 1.807) is 18.2 Å². The first-order valence-corrected chi connectivity index (χ1v) is 5.85. The predicted octanol–water partition coefficient (Wildman–Crippen LogP) is 1.07. The van der Waals surface area contributed by atoms with Crippen LogP contribution in [0.5, 0.6) is 0 Å². The summed E-state index contributed by atoms with van der Waals surface area (Å²) in [7, 11) is 1.47. The molecule has 2 amide bonds. The highest BCUT2D eigenvalue weighted by Crippen LogP contribution is 2.10. The van der Waals surface area contributed by atoms with E-state index in [2.05, 4.69) is 13.2 Å². The van der Waals surface area contributed by atoms with E-state index in [1.165, 1.54) is 13.1 Å². The van der Waals surface area contributed by atoms with Crippen LogP contribution in [0.1, 0.15) is 24.2 Å². The van der Waals surface area contributed by atoms with Crippen LogP contribution < -0.4 is 10.4 Å². The molecular weight excluding hydrogens is 226 g/mol. The van der Waals surface area contributed by atoms with Crippen LogP contribution in [0, 0.1) is 0 Å². The Labute approximate surface area is 107 Å². The first-order valence-electron chi connectivity index (χ1n) is 5.85. The molecule has 94 valence electrons. The van der Waals surface area contributed by atoms with Gasteiger partial charge < -0.3 is 0 Å². The van der Waals surface area contributed by atoms with Gasteiger partial charge in [-0.1, -0.05) is 45.2 Å². The molecule has 0 atom stereocenters. The molecule has 1 aromatic rings. The van der Waals surface area contributed by atoms with Crippen LogP contribution in [0.4, 0.5) is 0 Å². The van der Waals surface area contributed by atoms with Crippen molar-refractivity contribution in [1.29, 1.82) is 0 Å². The van der Waals surface area contributed by atoms with Crippen molar-refractivity contribution in [2.45, 2.75) is 13.8 Å². The molecule has 0 aromatic heterocycles. The van der Waals surface area contributed by atoms with E-state index >= 15 is 0 Å². The van der Waals surface area contributed by atoms with Crippen molar-refractivity contribution in [3.8, 4) is 0 Å². The van der Waals surface area contributed by atoms with Gasteiger partial charge in [-0.25, -0.2) is 0 Å². The fourth-order valence-corrected chi connectivity index (χ4v) is 1.85. The molecule has 1 aliphatic rings. The van der Waals surface area contributed by atoms with Crippen molar-refractivity contribution in [3.63, 3.8) is 0 Å². The van der Waals surface area contributed by atoms with Gasteiger partial charge in [0.1, 0.15) is 0 Å². The minimum Gasteiger partial charge on any atom is -0.277 e. The van der Waals surface area contributed by atoms with Gasteiger partial charge in [0.15, 0.2) is 0 Å². The van der Waals surface area contributed by atoms with Gasteiger partial charge in [-0.3, -0.25) is 14.5 Å². The fraction of sp³-hybridized carbons (Fsp3) is 0.200. The van der Waals surface area contributed by atoms with Gasteiger partial charge in [0.2, 0.25) is 0 Å². The summed E-state index contributed by atoms with van der Waals surface area (Å²) in [6.07, 6.45) is 1.47. The number of hydrogen-bond acceptors (Lipinski definition) is 2. The summed E-state index contributed by atoms with van der Waals surface area (Å²) in [6.45, 7) is 11.4. The number of fused-ring (bicyclic) bond motifs is 1. The first-order chi connectivity index (χ1) is 8.57. The Morgan fingerprint density at radius 3 is 2.33 bits per heavy atom. The summed E-state index contributed by atoms with van der Waals surface area (Å²) >= 11 is 0. The van der Waals surface area contributed by atoms with Crippen molar-refractivity contribution >= 4 is 24.0 Å². The minimum absolute atomic E-state index is 0.295. The van der Waals surface area contributed by atoms with Crippen molar-refractivity contribution in [3.05, 3.63) is 46.9 Å². The second-order valence-electron chi connectivity index (χ2n) is 3.63. The third kappa shape index (κ3) is 1.99. The maximum Gasteiger partial charge on any atom is 0.261 e. The molecular formula is C15H17NO2. The zero-order valence-electron chi connectivity index (χ0n) is 11.0. The van der Waals surface area contributed by atoms with E-state index in [4.69, 9.17) is 0 Å². The standard InChI is InChI=1S/C13H11NO2.C2H6/c1-4-9-11-8(2)6-5-7-10(11)13(16)14(3)12(9)15;1-2/h4-7H,1-2H2,3H3;1-2H3. The summed E-state index contributed by atoms with van der Waals surface area (Å²) in [6, 6.07) is 5.22. The van der Waals surface area contributed by atoms with Gasteiger partial charge in [-0.05, 0) is 11.3 Å². The zero-order valence-corrected chi connectivity index (χ0v) is 11.0. The third-order valence-electron chi connectivity index (χ3n) is 2.69. The molecule has 1 aliphatic heterocycles. The Morgan fingerprint density at radius 2 is 1.78 bits per heavy atom. The molecule has 0 unspecified atom stereocenters. The van der Waals surface area contributed by atoms with Gasteiger partial charge >= 0.3 is 0 Å². The second kappa shape index (κ2) is 5.45. The van der Waals surface area contributed by atoms with E-state index in [0.29, 0.717) is 21.6 Å². The maximum atomic E-state index is 11.9. The number of benzene rings is 1. The molecule has 3 nitrogen and oxygen atoms in total. The van der Waals surface area contributed by atoms with Crippen LogP contribution >= 0.6 is 0 Å². The summed E-state index contributed by atoms with van der Waals surface area (Å²) < 4.78 is 0. The zero-order chi connectivity index (χ0) is 13.9. The van der Waals surface area contributed by atoms with Crippen molar-refractivity contribution in [2.75, 3.05) is 7.05 Å². The summed E-state index contributed by atoms with van der Waals surface area (Å²) in [5.41, 5.74) is 0.937. The minimum atomic E-state index is -0.330. The van der Waals surface area contributed by atoms with Gasteiger partial charge in [-0.15, -0.1) is 0 Å². The fourth-order valence-electron chi connectivity index (χ4n) is 1.85. The lowest BCUT2D eigenvalue weighted by Gasteiger charge is -2.21. The molecule has 0 saturated heterocycles. The van der Waals surface area contributed by atoms with Crippen LogP contribution in [-0.2, 0) is 4.79 Å². The molecule has 3 heteroatoms. The van der Waals surface area contributed by atoms with E-state index in [9.17, 15) is 9.59 Å². The molecule has 0 radical (unpaired) electrons. The van der Waals surface area contributed by atoms with Crippen LogP contribution in [0.15, 0.2) is 30.9 Å². The lowest BCUT2D eigenvalue weighted by Crippen LogP contribution is -2.47. The predicted molar refractivity (Wildman–Crippen MR) is 73.3 cm³/mol. The molecule has 2 rings (SSSR count). The maximum absolute atomic E-state index is 11.9. The molecule has 0 fully saturated rings. The quantitative estimate of drug-likeness (QED) is 0.692. The molecule has 0 bridgehead atoms. The number of amides is 2. The molecule has 0 aliphatic carbocycles. The van der Waals surface area contributed by atoms with Gasteiger partial charge in [0, 0.05) is 23.4 Å². The summed E-state index contributed by atoms with van der Waals surface area (Å²) in [5, 5.41) is 1.27. The molecule has 0 spiro atoms. The van der Waals surface area contributed by atoms with Gasteiger partial charge in [0.25, 0.3) is 11.8 Å². The van der Waals surface area contributed by atoms with Crippen LogP contribution in [0.25, 0.3) is 12.2 Å². The molecule has 18 heavy (non-hydrogen) atoms. The van der Waals surface area contributed by atoms with Crippen LogP contribution in [0.2, 0.25) is 0 Å². The second-order valence-corrected chi connectivity index (χ2v) is 3.63. The SMILES string of the molecule is C=CC1=c2c(cccc2=C)C(=O)N(C)C1=O.CC. The number of hydrogen-bond donors (Lipinski definition) is 0. The van der Waals surface area contributed by atoms with Crippen LogP contribution in [-0.4, -0.2) is 23.8 Å². The molecule has 1 heterocycles. The van der Waals surface area contributed by atoms with Crippen LogP contribution in [0.3, 0.4) is 0 Å². The third-order valence-corrected chi connectivity index (χ3v) is 2.69. The number of nitrogens with zero attached hydrogens (tertiary/aromatic N) is 1. The Morgan fingerprint density at radius 1 is 1.17 bits per heavy atom. The highest BCUT2D eigenvalue weighted by molar-refractivity contribution is 6.26. The van der Waals surface area contributed by atoms with E-state index in [0.717, 1.165) is 4.90 Å². The lowest BCUT2D eigenvalue weighted by atomic mass is 9.99. The van der Waals surface area contributed by atoms with Crippen molar-refractivity contribution in [2.24, 2.45) is 0 Å². The number of imide groups is 1. The summed E-state index contributed by atoms with van der Waals surface area (Å²) in [4.78, 5) is 24.8. The monoisotopic (exact) mass is 243 g/mol.